The lowest BCUT2D eigenvalue weighted by Crippen LogP contribution is -2.03. The Balaban J connectivity index is 0.000000621. The van der Waals surface area contributed by atoms with Gasteiger partial charge < -0.3 is 14.7 Å². The molecule has 0 saturated heterocycles. The minimum absolute atomic E-state index is 0.882. The largest absolute Gasteiger partial charge is 0.466 e. The van der Waals surface area contributed by atoms with E-state index in [0.29, 0.717) is 0 Å². The Bertz CT molecular complexity index is 389. The average molecular weight is 302 g/mol. The summed E-state index contributed by atoms with van der Waals surface area (Å²) in [7, 11) is -4.64. The van der Waals surface area contributed by atoms with E-state index < -0.39 is 7.82 Å². The lowest BCUT2D eigenvalue weighted by atomic mass is 9.92. The van der Waals surface area contributed by atoms with Gasteiger partial charge >= 0.3 is 7.82 Å². The molecule has 0 amide bonds. The lowest BCUT2D eigenvalue weighted by Gasteiger charge is -2.14. The summed E-state index contributed by atoms with van der Waals surface area (Å²) in [6.07, 6.45) is 6.67. The first kappa shape index (κ1) is 19.3. The highest BCUT2D eigenvalue weighted by molar-refractivity contribution is 7.45. The number of benzene rings is 1. The molecule has 0 saturated carbocycles. The molecule has 1 rings (SSSR count). The molecule has 0 aliphatic carbocycles. The molecular formula is C15H27O4P. The highest BCUT2D eigenvalue weighted by atomic mass is 31.2. The van der Waals surface area contributed by atoms with Gasteiger partial charge in [0.15, 0.2) is 0 Å². The fourth-order valence-electron chi connectivity index (χ4n) is 2.00. The average Bonchev–Trinajstić information content (AvgIpc) is 2.35. The molecule has 1 aromatic rings. The minimum atomic E-state index is -4.64. The first-order valence-corrected chi connectivity index (χ1v) is 8.66. The zero-order valence-electron chi connectivity index (χ0n) is 12.6. The van der Waals surface area contributed by atoms with Crippen molar-refractivity contribution in [2.24, 2.45) is 5.92 Å². The molecular weight excluding hydrogens is 275 g/mol. The standard InChI is InChI=1S/C15H24.H3O4P/c1-4-6-7-14(5-2)12-15-10-8-13(3)9-11-15;1-5(2,3)4/h8-11,14H,4-7,12H2,1-3H3;(H3,1,2,3,4). The van der Waals surface area contributed by atoms with Gasteiger partial charge in [0.05, 0.1) is 0 Å². The Labute approximate surface area is 122 Å². The molecule has 0 fully saturated rings. The second-order valence-electron chi connectivity index (χ2n) is 5.12. The Morgan fingerprint density at radius 1 is 1.10 bits per heavy atom. The van der Waals surface area contributed by atoms with E-state index in [0.717, 1.165) is 5.92 Å². The molecule has 0 radical (unpaired) electrons. The molecule has 1 atom stereocenters. The van der Waals surface area contributed by atoms with Crippen LogP contribution in [-0.2, 0) is 11.0 Å². The van der Waals surface area contributed by atoms with Crippen LogP contribution in [-0.4, -0.2) is 14.7 Å². The van der Waals surface area contributed by atoms with Crippen LogP contribution < -0.4 is 0 Å². The van der Waals surface area contributed by atoms with Crippen LogP contribution in [0, 0.1) is 12.8 Å². The van der Waals surface area contributed by atoms with Crippen molar-refractivity contribution in [3.63, 3.8) is 0 Å². The fraction of sp³-hybridized carbons (Fsp3) is 0.600. The van der Waals surface area contributed by atoms with Crippen molar-refractivity contribution in [3.05, 3.63) is 35.4 Å². The third-order valence-corrected chi connectivity index (χ3v) is 3.19. The molecule has 5 heteroatoms. The molecule has 1 aromatic carbocycles. The van der Waals surface area contributed by atoms with Gasteiger partial charge in [-0.3, -0.25) is 0 Å². The normalized spacial score (nSPS) is 12.5. The second-order valence-corrected chi connectivity index (χ2v) is 6.15. The first-order valence-electron chi connectivity index (χ1n) is 7.10. The van der Waals surface area contributed by atoms with Crippen molar-refractivity contribution in [3.8, 4) is 0 Å². The summed E-state index contributed by atoms with van der Waals surface area (Å²) in [5.74, 6) is 0.882. The molecule has 0 heterocycles. The van der Waals surface area contributed by atoms with E-state index in [1.54, 1.807) is 0 Å². The zero-order valence-corrected chi connectivity index (χ0v) is 13.5. The van der Waals surface area contributed by atoms with Crippen molar-refractivity contribution >= 4 is 7.82 Å². The van der Waals surface area contributed by atoms with Crippen LogP contribution in [0.1, 0.15) is 50.7 Å². The van der Waals surface area contributed by atoms with Gasteiger partial charge in [0.2, 0.25) is 0 Å². The smallest absolute Gasteiger partial charge is 0.303 e. The van der Waals surface area contributed by atoms with E-state index in [-0.39, 0.29) is 0 Å². The summed E-state index contributed by atoms with van der Waals surface area (Å²) in [6, 6.07) is 9.01. The summed E-state index contributed by atoms with van der Waals surface area (Å²) in [4.78, 5) is 21.6. The van der Waals surface area contributed by atoms with Crippen molar-refractivity contribution in [1.29, 1.82) is 0 Å². The van der Waals surface area contributed by atoms with Crippen LogP contribution >= 0.6 is 7.82 Å². The predicted molar refractivity (Wildman–Crippen MR) is 82.5 cm³/mol. The number of unbranched alkanes of at least 4 members (excludes halogenated alkanes) is 1. The Morgan fingerprint density at radius 2 is 1.60 bits per heavy atom. The fourth-order valence-corrected chi connectivity index (χ4v) is 2.00. The quantitative estimate of drug-likeness (QED) is 0.698. The first-order chi connectivity index (χ1) is 9.26. The summed E-state index contributed by atoms with van der Waals surface area (Å²) >= 11 is 0. The maximum Gasteiger partial charge on any atom is 0.466 e. The molecule has 0 aromatic heterocycles. The van der Waals surface area contributed by atoms with Gasteiger partial charge in [0.1, 0.15) is 0 Å². The summed E-state index contributed by atoms with van der Waals surface area (Å²) in [5.41, 5.74) is 2.86. The Hall–Kier alpha value is -0.670. The topological polar surface area (TPSA) is 77.8 Å². The third kappa shape index (κ3) is 12.4. The molecule has 0 spiro atoms. The van der Waals surface area contributed by atoms with Crippen LogP contribution in [0.2, 0.25) is 0 Å². The maximum absolute atomic E-state index is 8.88. The van der Waals surface area contributed by atoms with E-state index >= 15 is 0 Å². The molecule has 0 aliphatic heterocycles. The van der Waals surface area contributed by atoms with E-state index in [1.165, 1.54) is 43.2 Å². The highest BCUT2D eigenvalue weighted by Crippen LogP contribution is 2.25. The van der Waals surface area contributed by atoms with E-state index in [4.69, 9.17) is 19.2 Å². The van der Waals surface area contributed by atoms with Gasteiger partial charge in [-0.15, -0.1) is 0 Å². The molecule has 116 valence electrons. The highest BCUT2D eigenvalue weighted by Gasteiger charge is 2.06. The minimum Gasteiger partial charge on any atom is -0.303 e. The monoisotopic (exact) mass is 302 g/mol. The number of phosphoric acid groups is 1. The number of hydrogen-bond donors (Lipinski definition) is 3. The van der Waals surface area contributed by atoms with Gasteiger partial charge in [-0.25, -0.2) is 4.57 Å². The van der Waals surface area contributed by atoms with Gasteiger partial charge in [0, 0.05) is 0 Å². The SMILES string of the molecule is CCCCC(CC)Cc1ccc(C)cc1.O=P(O)(O)O. The zero-order chi connectivity index (χ0) is 15.6. The number of aryl methyl sites for hydroxylation is 1. The van der Waals surface area contributed by atoms with Gasteiger partial charge in [0.25, 0.3) is 0 Å². The van der Waals surface area contributed by atoms with Crippen LogP contribution in [0.3, 0.4) is 0 Å². The predicted octanol–water partition coefficient (Wildman–Crippen LogP) is 3.83. The second kappa shape index (κ2) is 10.1. The summed E-state index contributed by atoms with van der Waals surface area (Å²) in [6.45, 7) is 6.74. The Morgan fingerprint density at radius 3 is 2.00 bits per heavy atom. The van der Waals surface area contributed by atoms with Gasteiger partial charge in [-0.1, -0.05) is 69.4 Å². The molecule has 4 nitrogen and oxygen atoms in total. The van der Waals surface area contributed by atoms with Crippen LogP contribution in [0.4, 0.5) is 0 Å². The third-order valence-electron chi connectivity index (χ3n) is 3.19. The van der Waals surface area contributed by atoms with Gasteiger partial charge in [-0.05, 0) is 24.8 Å². The van der Waals surface area contributed by atoms with E-state index in [1.807, 2.05) is 0 Å². The maximum atomic E-state index is 8.88. The molecule has 0 bridgehead atoms. The molecule has 20 heavy (non-hydrogen) atoms. The Kier molecular flexibility index (Phi) is 9.78. The van der Waals surface area contributed by atoms with Crippen molar-refractivity contribution in [1.82, 2.24) is 0 Å². The van der Waals surface area contributed by atoms with E-state index in [9.17, 15) is 0 Å². The lowest BCUT2D eigenvalue weighted by molar-refractivity contribution is 0.275. The number of rotatable bonds is 6. The number of hydrogen-bond acceptors (Lipinski definition) is 1. The molecule has 0 aliphatic rings. The molecule has 3 N–H and O–H groups in total. The summed E-state index contributed by atoms with van der Waals surface area (Å²) in [5, 5.41) is 0. The van der Waals surface area contributed by atoms with Crippen LogP contribution in [0.5, 0.6) is 0 Å². The van der Waals surface area contributed by atoms with Gasteiger partial charge in [-0.2, -0.15) is 0 Å². The van der Waals surface area contributed by atoms with E-state index in [2.05, 4.69) is 45.0 Å². The van der Waals surface area contributed by atoms with Crippen molar-refractivity contribution < 1.29 is 19.2 Å². The van der Waals surface area contributed by atoms with Crippen LogP contribution in [0.15, 0.2) is 24.3 Å². The summed E-state index contributed by atoms with van der Waals surface area (Å²) < 4.78 is 8.88. The van der Waals surface area contributed by atoms with Crippen molar-refractivity contribution in [2.45, 2.75) is 52.9 Å². The molecule has 1 unspecified atom stereocenters. The van der Waals surface area contributed by atoms with Crippen LogP contribution in [0.25, 0.3) is 0 Å². The van der Waals surface area contributed by atoms with Crippen molar-refractivity contribution in [2.75, 3.05) is 0 Å².